The summed E-state index contributed by atoms with van der Waals surface area (Å²) < 4.78 is 0. The minimum Gasteiger partial charge on any atom is -0.396 e. The van der Waals surface area contributed by atoms with Crippen LogP contribution < -0.4 is 5.32 Å². The van der Waals surface area contributed by atoms with Crippen LogP contribution in [0.4, 0.5) is 0 Å². The lowest BCUT2D eigenvalue weighted by Gasteiger charge is -2.14. The van der Waals surface area contributed by atoms with Crippen molar-refractivity contribution in [3.8, 4) is 0 Å². The average Bonchev–Trinajstić information content (AvgIpc) is 2.93. The van der Waals surface area contributed by atoms with Crippen LogP contribution in [0.25, 0.3) is 0 Å². The van der Waals surface area contributed by atoms with Crippen LogP contribution in [0, 0.1) is 5.41 Å². The zero-order valence-corrected chi connectivity index (χ0v) is 8.97. The normalized spacial score (nSPS) is 18.4. The third-order valence-corrected chi connectivity index (χ3v) is 3.11. The summed E-state index contributed by atoms with van der Waals surface area (Å²) in [6.07, 6.45) is 6.68. The number of rotatable bonds is 9. The third kappa shape index (κ3) is 4.40. The van der Waals surface area contributed by atoms with Gasteiger partial charge in [-0.2, -0.15) is 0 Å². The maximum atomic E-state index is 8.86. The first-order valence-electron chi connectivity index (χ1n) is 5.75. The van der Waals surface area contributed by atoms with E-state index in [1.54, 1.807) is 0 Å². The number of hydrogen-bond donors (Lipinski definition) is 3. The number of aliphatic hydroxyl groups is 2. The molecule has 84 valence electrons. The first kappa shape index (κ1) is 12.0. The van der Waals surface area contributed by atoms with Crippen LogP contribution in [0.3, 0.4) is 0 Å². The molecule has 3 N–H and O–H groups in total. The summed E-state index contributed by atoms with van der Waals surface area (Å²) in [5.74, 6) is 0. The molecular weight excluding hydrogens is 178 g/mol. The van der Waals surface area contributed by atoms with Gasteiger partial charge >= 0.3 is 0 Å². The molecule has 1 saturated carbocycles. The molecular formula is C11H23NO2. The topological polar surface area (TPSA) is 52.5 Å². The van der Waals surface area contributed by atoms with Crippen molar-refractivity contribution in [3.63, 3.8) is 0 Å². The summed E-state index contributed by atoms with van der Waals surface area (Å²) in [5.41, 5.74) is 0.436. The highest BCUT2D eigenvalue weighted by atomic mass is 16.3. The molecule has 0 heterocycles. The summed E-state index contributed by atoms with van der Waals surface area (Å²) in [6.45, 7) is 2.75. The number of aliphatic hydroxyl groups excluding tert-OH is 2. The Morgan fingerprint density at radius 1 is 1.00 bits per heavy atom. The lowest BCUT2D eigenvalue weighted by Crippen LogP contribution is -2.25. The van der Waals surface area contributed by atoms with E-state index in [1.807, 2.05) is 0 Å². The van der Waals surface area contributed by atoms with Gasteiger partial charge in [0.25, 0.3) is 0 Å². The molecule has 14 heavy (non-hydrogen) atoms. The highest BCUT2D eigenvalue weighted by Crippen LogP contribution is 2.47. The van der Waals surface area contributed by atoms with Crippen LogP contribution in [0.5, 0.6) is 0 Å². The Morgan fingerprint density at radius 3 is 2.36 bits per heavy atom. The molecule has 0 aromatic heterocycles. The molecule has 0 aromatic carbocycles. The van der Waals surface area contributed by atoms with E-state index >= 15 is 0 Å². The van der Waals surface area contributed by atoms with Crippen molar-refractivity contribution in [1.29, 1.82) is 0 Å². The predicted octanol–water partition coefficient (Wildman–Crippen LogP) is 0.901. The van der Waals surface area contributed by atoms with Gasteiger partial charge in [-0.3, -0.25) is 0 Å². The van der Waals surface area contributed by atoms with Gasteiger partial charge in [-0.25, -0.2) is 0 Å². The molecule has 1 aliphatic carbocycles. The molecule has 3 heteroatoms. The van der Waals surface area contributed by atoms with Gasteiger partial charge in [0.15, 0.2) is 0 Å². The molecule has 1 fully saturated rings. The first-order valence-corrected chi connectivity index (χ1v) is 5.75. The molecule has 3 nitrogen and oxygen atoms in total. The summed E-state index contributed by atoms with van der Waals surface area (Å²) in [5, 5.41) is 20.9. The second-order valence-corrected chi connectivity index (χ2v) is 4.43. The van der Waals surface area contributed by atoms with Crippen molar-refractivity contribution >= 4 is 0 Å². The Balaban J connectivity index is 1.88. The fourth-order valence-corrected chi connectivity index (χ4v) is 1.82. The molecule has 0 radical (unpaired) electrons. The predicted molar refractivity (Wildman–Crippen MR) is 57.2 cm³/mol. The van der Waals surface area contributed by atoms with Crippen molar-refractivity contribution in [1.82, 2.24) is 5.32 Å². The van der Waals surface area contributed by atoms with Gasteiger partial charge in [-0.1, -0.05) is 0 Å². The average molecular weight is 201 g/mol. The summed E-state index contributed by atoms with van der Waals surface area (Å²) >= 11 is 0. The van der Waals surface area contributed by atoms with Crippen molar-refractivity contribution in [3.05, 3.63) is 0 Å². The van der Waals surface area contributed by atoms with E-state index in [-0.39, 0.29) is 0 Å². The van der Waals surface area contributed by atoms with Crippen molar-refractivity contribution in [2.45, 2.75) is 38.5 Å². The van der Waals surface area contributed by atoms with E-state index in [1.165, 1.54) is 12.8 Å². The molecule has 0 amide bonds. The standard InChI is InChI=1S/C11H23NO2/c13-8-3-1-2-7-12-10-11(4-5-11)6-9-14/h12-14H,1-10H2. The Kier molecular flexibility index (Phi) is 5.45. The van der Waals surface area contributed by atoms with Gasteiger partial charge in [0.05, 0.1) is 0 Å². The summed E-state index contributed by atoms with van der Waals surface area (Å²) in [6, 6.07) is 0. The fourth-order valence-electron chi connectivity index (χ4n) is 1.82. The van der Waals surface area contributed by atoms with E-state index in [4.69, 9.17) is 10.2 Å². The van der Waals surface area contributed by atoms with Gasteiger partial charge in [-0.15, -0.1) is 0 Å². The van der Waals surface area contributed by atoms with Crippen LogP contribution in [0.2, 0.25) is 0 Å². The van der Waals surface area contributed by atoms with E-state index in [2.05, 4.69) is 5.32 Å². The Hall–Kier alpha value is -0.120. The number of nitrogens with one attached hydrogen (secondary N) is 1. The van der Waals surface area contributed by atoms with E-state index < -0.39 is 0 Å². The van der Waals surface area contributed by atoms with Gasteiger partial charge in [0.2, 0.25) is 0 Å². The number of unbranched alkanes of at least 4 members (excludes halogenated alkanes) is 2. The van der Waals surface area contributed by atoms with Gasteiger partial charge < -0.3 is 15.5 Å². The van der Waals surface area contributed by atoms with Gasteiger partial charge in [-0.05, 0) is 50.5 Å². The molecule has 0 spiro atoms. The van der Waals surface area contributed by atoms with Crippen LogP contribution in [0.15, 0.2) is 0 Å². The highest BCUT2D eigenvalue weighted by molar-refractivity contribution is 4.94. The SMILES string of the molecule is OCCCCCNCC1(CCO)CC1. The van der Waals surface area contributed by atoms with E-state index in [0.717, 1.165) is 38.8 Å². The Morgan fingerprint density at radius 2 is 1.79 bits per heavy atom. The largest absolute Gasteiger partial charge is 0.396 e. The first-order chi connectivity index (χ1) is 6.83. The molecule has 1 rings (SSSR count). The lowest BCUT2D eigenvalue weighted by molar-refractivity contribution is 0.245. The second-order valence-electron chi connectivity index (χ2n) is 4.43. The second kappa shape index (κ2) is 6.38. The minimum absolute atomic E-state index is 0.314. The minimum atomic E-state index is 0.314. The quantitative estimate of drug-likeness (QED) is 0.486. The molecule has 0 bridgehead atoms. The zero-order chi connectivity index (χ0) is 10.3. The smallest absolute Gasteiger partial charge is 0.0436 e. The maximum Gasteiger partial charge on any atom is 0.0436 e. The molecule has 0 unspecified atom stereocenters. The zero-order valence-electron chi connectivity index (χ0n) is 8.97. The van der Waals surface area contributed by atoms with E-state index in [9.17, 15) is 0 Å². The summed E-state index contributed by atoms with van der Waals surface area (Å²) in [7, 11) is 0. The van der Waals surface area contributed by atoms with Crippen molar-refractivity contribution in [2.24, 2.45) is 5.41 Å². The fraction of sp³-hybridized carbons (Fsp3) is 1.00. The summed E-state index contributed by atoms with van der Waals surface area (Å²) in [4.78, 5) is 0. The van der Waals surface area contributed by atoms with Crippen molar-refractivity contribution in [2.75, 3.05) is 26.3 Å². The number of hydrogen-bond acceptors (Lipinski definition) is 3. The molecule has 0 aromatic rings. The highest BCUT2D eigenvalue weighted by Gasteiger charge is 2.40. The maximum absolute atomic E-state index is 8.86. The van der Waals surface area contributed by atoms with Crippen LogP contribution in [0.1, 0.15) is 38.5 Å². The molecule has 0 aliphatic heterocycles. The van der Waals surface area contributed by atoms with Crippen LogP contribution >= 0.6 is 0 Å². The third-order valence-electron chi connectivity index (χ3n) is 3.11. The van der Waals surface area contributed by atoms with Gasteiger partial charge in [0.1, 0.15) is 0 Å². The van der Waals surface area contributed by atoms with E-state index in [0.29, 0.717) is 18.6 Å². The molecule has 0 saturated heterocycles. The van der Waals surface area contributed by atoms with Crippen molar-refractivity contribution < 1.29 is 10.2 Å². The van der Waals surface area contributed by atoms with Crippen LogP contribution in [-0.2, 0) is 0 Å². The van der Waals surface area contributed by atoms with Gasteiger partial charge in [0, 0.05) is 19.8 Å². The lowest BCUT2D eigenvalue weighted by atomic mass is 10.0. The monoisotopic (exact) mass is 201 g/mol. The molecule has 1 aliphatic rings. The molecule has 0 atom stereocenters. The Bertz CT molecular complexity index is 146. The van der Waals surface area contributed by atoms with Crippen LogP contribution in [-0.4, -0.2) is 36.5 Å². The Labute approximate surface area is 86.5 Å².